The van der Waals surface area contributed by atoms with Crippen LogP contribution in [0, 0.1) is 5.92 Å². The molecule has 0 saturated heterocycles. The molecule has 2 nitrogen and oxygen atoms in total. The van der Waals surface area contributed by atoms with Gasteiger partial charge >= 0.3 is 0 Å². The number of carbonyl (C=O) groups is 1. The molecule has 0 rings (SSSR count). The number of hydrogen-bond donors (Lipinski definition) is 0. The van der Waals surface area contributed by atoms with Crippen LogP contribution in [0.4, 0.5) is 0 Å². The van der Waals surface area contributed by atoms with Gasteiger partial charge in [0.15, 0.2) is 0 Å². The Kier molecular flexibility index (Phi) is 5.12. The molecule has 2 heteroatoms. The van der Waals surface area contributed by atoms with E-state index in [9.17, 15) is 4.79 Å². The first-order valence-corrected chi connectivity index (χ1v) is 4.31. The molecule has 0 heterocycles. The maximum absolute atomic E-state index is 10.4. The van der Waals surface area contributed by atoms with E-state index in [0.717, 1.165) is 19.4 Å². The summed E-state index contributed by atoms with van der Waals surface area (Å²) in [5.41, 5.74) is 0. The number of nitrogens with zero attached hydrogens (tertiary/aromatic N) is 1. The van der Waals surface area contributed by atoms with E-state index < -0.39 is 0 Å². The van der Waals surface area contributed by atoms with E-state index >= 15 is 0 Å². The van der Waals surface area contributed by atoms with Gasteiger partial charge in [-0.3, -0.25) is 0 Å². The van der Waals surface area contributed by atoms with Gasteiger partial charge < -0.3 is 9.69 Å². The van der Waals surface area contributed by atoms with Crippen molar-refractivity contribution in [2.75, 3.05) is 13.1 Å². The van der Waals surface area contributed by atoms with Gasteiger partial charge in [-0.15, -0.1) is 0 Å². The Labute approximate surface area is 69.6 Å². The highest BCUT2D eigenvalue weighted by molar-refractivity contribution is 5.52. The summed E-state index contributed by atoms with van der Waals surface area (Å²) in [5, 5.41) is 0. The Morgan fingerprint density at radius 1 is 1.36 bits per heavy atom. The minimum Gasteiger partial charge on any atom is -0.303 e. The normalized spacial score (nSPS) is 14.0. The molecule has 0 N–H and O–H groups in total. The van der Waals surface area contributed by atoms with Crippen molar-refractivity contribution < 1.29 is 4.79 Å². The zero-order chi connectivity index (χ0) is 8.85. The first-order chi connectivity index (χ1) is 5.11. The second-order valence-electron chi connectivity index (χ2n) is 3.29. The maximum Gasteiger partial charge on any atom is 0.124 e. The molecule has 0 spiro atoms. The molecule has 0 aromatic carbocycles. The summed E-state index contributed by atoms with van der Waals surface area (Å²) in [6, 6.07) is 0.544. The molecule has 0 aliphatic rings. The molecule has 66 valence electrons. The van der Waals surface area contributed by atoms with Crippen molar-refractivity contribution in [3.05, 3.63) is 0 Å². The summed E-state index contributed by atoms with van der Waals surface area (Å²) < 4.78 is 0. The van der Waals surface area contributed by atoms with Crippen molar-refractivity contribution in [2.24, 2.45) is 5.92 Å². The third kappa shape index (κ3) is 4.14. The van der Waals surface area contributed by atoms with E-state index in [0.29, 0.717) is 6.04 Å². The fourth-order valence-electron chi connectivity index (χ4n) is 1.12. The summed E-state index contributed by atoms with van der Waals surface area (Å²) in [7, 11) is 0. The summed E-state index contributed by atoms with van der Waals surface area (Å²) >= 11 is 0. The van der Waals surface area contributed by atoms with Crippen LogP contribution in [-0.4, -0.2) is 30.3 Å². The molecule has 0 bridgehead atoms. The predicted octanol–water partition coefficient (Wildman–Crippen LogP) is 1.55. The van der Waals surface area contributed by atoms with Crippen LogP contribution in [0.1, 0.15) is 27.7 Å². The van der Waals surface area contributed by atoms with Gasteiger partial charge in [-0.05, 0) is 20.4 Å². The lowest BCUT2D eigenvalue weighted by Gasteiger charge is -2.25. The maximum atomic E-state index is 10.4. The second kappa shape index (κ2) is 5.30. The topological polar surface area (TPSA) is 20.3 Å². The first-order valence-electron chi connectivity index (χ1n) is 4.31. The van der Waals surface area contributed by atoms with Gasteiger partial charge in [-0.1, -0.05) is 13.8 Å². The van der Waals surface area contributed by atoms with Crippen LogP contribution in [0.15, 0.2) is 0 Å². The highest BCUT2D eigenvalue weighted by Crippen LogP contribution is 2.01. The zero-order valence-electron chi connectivity index (χ0n) is 8.00. The highest BCUT2D eigenvalue weighted by Gasteiger charge is 2.09. The molecule has 11 heavy (non-hydrogen) atoms. The molecule has 0 aliphatic heterocycles. The summed E-state index contributed by atoms with van der Waals surface area (Å²) in [4.78, 5) is 12.6. The van der Waals surface area contributed by atoms with E-state index in [2.05, 4.69) is 25.7 Å². The van der Waals surface area contributed by atoms with Crippen LogP contribution in [0.3, 0.4) is 0 Å². The predicted molar refractivity (Wildman–Crippen MR) is 47.6 cm³/mol. The van der Waals surface area contributed by atoms with Crippen molar-refractivity contribution in [1.82, 2.24) is 4.90 Å². The highest BCUT2D eigenvalue weighted by atomic mass is 16.1. The van der Waals surface area contributed by atoms with Crippen LogP contribution >= 0.6 is 0 Å². The van der Waals surface area contributed by atoms with Crippen LogP contribution in [-0.2, 0) is 4.79 Å². The molecule has 0 fully saturated rings. The van der Waals surface area contributed by atoms with Gasteiger partial charge in [0.25, 0.3) is 0 Å². The molecule has 0 aromatic rings. The van der Waals surface area contributed by atoms with Gasteiger partial charge in [0.1, 0.15) is 6.29 Å². The lowest BCUT2D eigenvalue weighted by Crippen LogP contribution is -2.34. The van der Waals surface area contributed by atoms with E-state index in [-0.39, 0.29) is 5.92 Å². The van der Waals surface area contributed by atoms with Crippen LogP contribution in [0.2, 0.25) is 0 Å². The Bertz CT molecular complexity index is 112. The number of hydrogen-bond acceptors (Lipinski definition) is 2. The average molecular weight is 157 g/mol. The minimum absolute atomic E-state index is 0.164. The van der Waals surface area contributed by atoms with Crippen LogP contribution < -0.4 is 0 Å². The summed E-state index contributed by atoms with van der Waals surface area (Å²) in [6.07, 6.45) is 1.02. The summed E-state index contributed by atoms with van der Waals surface area (Å²) in [6.45, 7) is 10.3. The monoisotopic (exact) mass is 157 g/mol. The molecule has 1 unspecified atom stereocenters. The fourth-order valence-corrected chi connectivity index (χ4v) is 1.12. The smallest absolute Gasteiger partial charge is 0.124 e. The molecule has 0 radical (unpaired) electrons. The van der Waals surface area contributed by atoms with E-state index in [1.165, 1.54) is 0 Å². The Morgan fingerprint density at radius 3 is 2.18 bits per heavy atom. The Hall–Kier alpha value is -0.370. The van der Waals surface area contributed by atoms with Crippen molar-refractivity contribution in [1.29, 1.82) is 0 Å². The molecule has 0 saturated carbocycles. The van der Waals surface area contributed by atoms with E-state index in [4.69, 9.17) is 0 Å². The van der Waals surface area contributed by atoms with Gasteiger partial charge in [-0.2, -0.15) is 0 Å². The average Bonchev–Trinajstić information content (AvgIpc) is 1.99. The molecule has 0 amide bonds. The fraction of sp³-hybridized carbons (Fsp3) is 0.889. The van der Waals surface area contributed by atoms with Crippen molar-refractivity contribution in [2.45, 2.75) is 33.7 Å². The SMILES string of the molecule is CCN(CC(C)C=O)C(C)C. The quantitative estimate of drug-likeness (QED) is 0.564. The third-order valence-corrected chi connectivity index (χ3v) is 1.89. The van der Waals surface area contributed by atoms with Crippen molar-refractivity contribution in [3.8, 4) is 0 Å². The third-order valence-electron chi connectivity index (χ3n) is 1.89. The van der Waals surface area contributed by atoms with Crippen molar-refractivity contribution in [3.63, 3.8) is 0 Å². The van der Waals surface area contributed by atoms with E-state index in [1.54, 1.807) is 0 Å². The van der Waals surface area contributed by atoms with Gasteiger partial charge in [0, 0.05) is 18.5 Å². The summed E-state index contributed by atoms with van der Waals surface area (Å²) in [5.74, 6) is 0.164. The van der Waals surface area contributed by atoms with Crippen molar-refractivity contribution >= 4 is 6.29 Å². The minimum atomic E-state index is 0.164. The molecule has 1 atom stereocenters. The number of rotatable bonds is 5. The Balaban J connectivity index is 3.77. The molecule has 0 aliphatic carbocycles. The van der Waals surface area contributed by atoms with Gasteiger partial charge in [0.2, 0.25) is 0 Å². The zero-order valence-corrected chi connectivity index (χ0v) is 8.00. The lowest BCUT2D eigenvalue weighted by atomic mass is 10.2. The standard InChI is InChI=1S/C9H19NO/c1-5-10(8(2)3)6-9(4)7-11/h7-9H,5-6H2,1-4H3. The lowest BCUT2D eigenvalue weighted by molar-refractivity contribution is -0.111. The van der Waals surface area contributed by atoms with Gasteiger partial charge in [-0.25, -0.2) is 0 Å². The molecule has 0 aromatic heterocycles. The Morgan fingerprint density at radius 2 is 1.91 bits per heavy atom. The van der Waals surface area contributed by atoms with Crippen LogP contribution in [0.5, 0.6) is 0 Å². The van der Waals surface area contributed by atoms with Crippen LogP contribution in [0.25, 0.3) is 0 Å². The molecular formula is C9H19NO. The number of carbonyl (C=O) groups excluding carboxylic acids is 1. The van der Waals surface area contributed by atoms with E-state index in [1.807, 2.05) is 6.92 Å². The molecular weight excluding hydrogens is 138 g/mol. The van der Waals surface area contributed by atoms with Gasteiger partial charge in [0.05, 0.1) is 0 Å². The largest absolute Gasteiger partial charge is 0.303 e. The first kappa shape index (κ1) is 10.6. The second-order valence-corrected chi connectivity index (χ2v) is 3.29. The number of aldehydes is 1.